The molecule has 124 valence electrons. The highest BCUT2D eigenvalue weighted by Gasteiger charge is 2.14. The molecule has 0 atom stereocenters. The molecule has 1 N–H and O–H groups in total. The Hall–Kier alpha value is -1.72. The number of benzene rings is 2. The molecule has 6 heteroatoms. The molecule has 0 bridgehead atoms. The zero-order chi connectivity index (χ0) is 16.9. The standard InChI is InChI=1S/C17H21ClN2O2S/c1-3-4-13-20(2)16-9-7-15(8-10-16)19-23(21,22)17-11-5-14(18)6-12-17/h5-12,19H,3-4,13H2,1-2H3. The van der Waals surface area contributed by atoms with E-state index in [0.717, 1.165) is 25.1 Å². The van der Waals surface area contributed by atoms with Crippen molar-refractivity contribution in [3.05, 3.63) is 53.6 Å². The fourth-order valence-electron chi connectivity index (χ4n) is 2.14. The van der Waals surface area contributed by atoms with Crippen LogP contribution in [-0.2, 0) is 10.0 Å². The van der Waals surface area contributed by atoms with Gasteiger partial charge >= 0.3 is 0 Å². The maximum Gasteiger partial charge on any atom is 0.261 e. The number of anilines is 2. The Bertz CT molecular complexity index is 728. The van der Waals surface area contributed by atoms with Crippen LogP contribution in [0.15, 0.2) is 53.4 Å². The minimum absolute atomic E-state index is 0.186. The van der Waals surface area contributed by atoms with E-state index in [1.807, 2.05) is 19.2 Å². The van der Waals surface area contributed by atoms with Gasteiger partial charge in [-0.3, -0.25) is 4.72 Å². The smallest absolute Gasteiger partial charge is 0.261 e. The van der Waals surface area contributed by atoms with Gasteiger partial charge in [0.25, 0.3) is 10.0 Å². The van der Waals surface area contributed by atoms with E-state index in [0.29, 0.717) is 10.7 Å². The summed E-state index contributed by atoms with van der Waals surface area (Å²) >= 11 is 5.79. The highest BCUT2D eigenvalue weighted by Crippen LogP contribution is 2.21. The van der Waals surface area contributed by atoms with Gasteiger partial charge < -0.3 is 4.90 Å². The average molecular weight is 353 g/mol. The third-order valence-corrected chi connectivity index (χ3v) is 5.18. The molecule has 0 radical (unpaired) electrons. The van der Waals surface area contributed by atoms with Crippen molar-refractivity contribution in [1.82, 2.24) is 0 Å². The van der Waals surface area contributed by atoms with Crippen molar-refractivity contribution < 1.29 is 8.42 Å². The summed E-state index contributed by atoms with van der Waals surface area (Å²) in [5.74, 6) is 0. The van der Waals surface area contributed by atoms with Gasteiger partial charge in [-0.1, -0.05) is 24.9 Å². The summed E-state index contributed by atoms with van der Waals surface area (Å²) in [4.78, 5) is 2.34. The second-order valence-electron chi connectivity index (χ2n) is 5.38. The summed E-state index contributed by atoms with van der Waals surface area (Å²) in [6.45, 7) is 3.13. The van der Waals surface area contributed by atoms with Crippen molar-refractivity contribution in [2.24, 2.45) is 0 Å². The minimum Gasteiger partial charge on any atom is -0.375 e. The lowest BCUT2D eigenvalue weighted by molar-refractivity contribution is 0.601. The lowest BCUT2D eigenvalue weighted by Gasteiger charge is -2.19. The van der Waals surface area contributed by atoms with Gasteiger partial charge in [0.1, 0.15) is 0 Å². The van der Waals surface area contributed by atoms with E-state index >= 15 is 0 Å². The van der Waals surface area contributed by atoms with Crippen LogP contribution in [0, 0.1) is 0 Å². The first kappa shape index (κ1) is 17.6. The molecule has 0 aliphatic carbocycles. The summed E-state index contributed by atoms with van der Waals surface area (Å²) in [6, 6.07) is 13.4. The maximum absolute atomic E-state index is 12.3. The molecule has 2 aromatic carbocycles. The predicted octanol–water partition coefficient (Wildman–Crippen LogP) is 4.38. The van der Waals surface area contributed by atoms with E-state index in [1.165, 1.54) is 12.1 Å². The number of sulfonamides is 1. The molecule has 0 spiro atoms. The predicted molar refractivity (Wildman–Crippen MR) is 96.9 cm³/mol. The lowest BCUT2D eigenvalue weighted by Crippen LogP contribution is -2.18. The Balaban J connectivity index is 2.09. The van der Waals surface area contributed by atoms with Gasteiger partial charge in [-0.15, -0.1) is 0 Å². The van der Waals surface area contributed by atoms with Crippen LogP contribution < -0.4 is 9.62 Å². The summed E-state index contributed by atoms with van der Waals surface area (Å²) in [5.41, 5.74) is 1.60. The Kier molecular flexibility index (Phi) is 5.91. The molecule has 0 heterocycles. The summed E-state index contributed by atoms with van der Waals surface area (Å²) in [5, 5.41) is 0.503. The van der Waals surface area contributed by atoms with Gasteiger partial charge in [0.15, 0.2) is 0 Å². The lowest BCUT2D eigenvalue weighted by atomic mass is 10.2. The first-order chi connectivity index (χ1) is 10.9. The second-order valence-corrected chi connectivity index (χ2v) is 7.50. The van der Waals surface area contributed by atoms with Gasteiger partial charge in [-0.25, -0.2) is 8.42 Å². The first-order valence-corrected chi connectivity index (χ1v) is 9.38. The second kappa shape index (κ2) is 7.70. The van der Waals surface area contributed by atoms with E-state index in [4.69, 9.17) is 11.6 Å². The van der Waals surface area contributed by atoms with Crippen LogP contribution in [0.3, 0.4) is 0 Å². The van der Waals surface area contributed by atoms with Crippen LogP contribution in [0.25, 0.3) is 0 Å². The van der Waals surface area contributed by atoms with E-state index in [9.17, 15) is 8.42 Å². The van der Waals surface area contributed by atoms with Crippen molar-refractivity contribution >= 4 is 33.0 Å². The van der Waals surface area contributed by atoms with Gasteiger partial charge in [0.05, 0.1) is 4.90 Å². The Morgan fingerprint density at radius 1 is 1.04 bits per heavy atom. The Morgan fingerprint density at radius 2 is 1.65 bits per heavy atom. The molecule has 2 aromatic rings. The normalized spacial score (nSPS) is 11.3. The van der Waals surface area contributed by atoms with Crippen LogP contribution in [-0.4, -0.2) is 22.0 Å². The quantitative estimate of drug-likeness (QED) is 0.804. The van der Waals surface area contributed by atoms with Crippen molar-refractivity contribution in [2.75, 3.05) is 23.2 Å². The van der Waals surface area contributed by atoms with Crippen LogP contribution in [0.4, 0.5) is 11.4 Å². The summed E-state index contributed by atoms with van der Waals surface area (Å²) < 4.78 is 27.2. The third kappa shape index (κ3) is 4.88. The van der Waals surface area contributed by atoms with E-state index in [-0.39, 0.29) is 4.90 Å². The Morgan fingerprint density at radius 3 is 2.22 bits per heavy atom. The number of nitrogens with zero attached hydrogens (tertiary/aromatic N) is 1. The largest absolute Gasteiger partial charge is 0.375 e. The van der Waals surface area contributed by atoms with Crippen molar-refractivity contribution in [2.45, 2.75) is 24.7 Å². The Labute approximate surface area is 143 Å². The molecule has 0 aliphatic rings. The average Bonchev–Trinajstić information content (AvgIpc) is 2.53. The monoisotopic (exact) mass is 352 g/mol. The molecular formula is C17H21ClN2O2S. The van der Waals surface area contributed by atoms with Gasteiger partial charge in [0, 0.05) is 30.0 Å². The number of rotatable bonds is 7. The topological polar surface area (TPSA) is 49.4 Å². The fraction of sp³-hybridized carbons (Fsp3) is 0.294. The van der Waals surface area contributed by atoms with Crippen molar-refractivity contribution in [1.29, 1.82) is 0 Å². The molecule has 0 aromatic heterocycles. The van der Waals surface area contributed by atoms with Crippen molar-refractivity contribution in [3.63, 3.8) is 0 Å². The van der Waals surface area contributed by atoms with Crippen molar-refractivity contribution in [3.8, 4) is 0 Å². The SMILES string of the molecule is CCCCN(C)c1ccc(NS(=O)(=O)c2ccc(Cl)cc2)cc1. The van der Waals surface area contributed by atoms with Crippen LogP contribution in [0.5, 0.6) is 0 Å². The number of hydrogen-bond donors (Lipinski definition) is 1. The van der Waals surface area contributed by atoms with Gasteiger partial charge in [0.2, 0.25) is 0 Å². The van der Waals surface area contributed by atoms with Crippen LogP contribution in [0.2, 0.25) is 5.02 Å². The molecule has 0 fully saturated rings. The molecule has 4 nitrogen and oxygen atoms in total. The molecule has 0 amide bonds. The highest BCUT2D eigenvalue weighted by atomic mass is 35.5. The highest BCUT2D eigenvalue weighted by molar-refractivity contribution is 7.92. The van der Waals surface area contributed by atoms with Crippen LogP contribution >= 0.6 is 11.6 Å². The fourth-order valence-corrected chi connectivity index (χ4v) is 3.32. The number of halogens is 1. The van der Waals surface area contributed by atoms with Gasteiger partial charge in [-0.2, -0.15) is 0 Å². The number of unbranched alkanes of at least 4 members (excludes halogenated alkanes) is 1. The maximum atomic E-state index is 12.3. The van der Waals surface area contributed by atoms with Gasteiger partial charge in [-0.05, 0) is 55.0 Å². The zero-order valence-corrected chi connectivity index (χ0v) is 14.9. The number of nitrogens with one attached hydrogen (secondary N) is 1. The minimum atomic E-state index is -3.60. The van der Waals surface area contributed by atoms with E-state index in [1.54, 1.807) is 24.3 Å². The van der Waals surface area contributed by atoms with Crippen LogP contribution in [0.1, 0.15) is 19.8 Å². The summed E-state index contributed by atoms with van der Waals surface area (Å²) in [7, 11) is -1.57. The molecule has 0 saturated carbocycles. The molecule has 0 aliphatic heterocycles. The molecule has 2 rings (SSSR count). The molecule has 0 saturated heterocycles. The first-order valence-electron chi connectivity index (χ1n) is 7.52. The summed E-state index contributed by atoms with van der Waals surface area (Å²) in [6.07, 6.45) is 2.27. The molecular weight excluding hydrogens is 332 g/mol. The number of hydrogen-bond acceptors (Lipinski definition) is 3. The third-order valence-electron chi connectivity index (χ3n) is 3.53. The molecule has 23 heavy (non-hydrogen) atoms. The zero-order valence-electron chi connectivity index (χ0n) is 13.3. The van der Waals surface area contributed by atoms with E-state index in [2.05, 4.69) is 16.5 Å². The van der Waals surface area contributed by atoms with E-state index < -0.39 is 10.0 Å². The molecule has 0 unspecified atom stereocenters.